The molecule has 1 aromatic carbocycles. The third-order valence-corrected chi connectivity index (χ3v) is 3.32. The topological polar surface area (TPSA) is 30.9 Å². The summed E-state index contributed by atoms with van der Waals surface area (Å²) in [5.41, 5.74) is 1.30. The van der Waals surface area contributed by atoms with Gasteiger partial charge in [-0.25, -0.2) is 0 Å². The summed E-state index contributed by atoms with van der Waals surface area (Å²) < 4.78 is 0. The zero-order valence-corrected chi connectivity index (χ0v) is 11.5. The second kappa shape index (κ2) is 6.83. The smallest absolute Gasteiger partial charge is 0.194 e. The Bertz CT molecular complexity index is 419. The number of benzene rings is 1. The number of piperazine rings is 1. The van der Waals surface area contributed by atoms with Gasteiger partial charge in [-0.2, -0.15) is 0 Å². The van der Waals surface area contributed by atoms with E-state index in [0.717, 1.165) is 38.7 Å². The van der Waals surface area contributed by atoms with Gasteiger partial charge in [0.2, 0.25) is 0 Å². The second-order valence-corrected chi connectivity index (χ2v) is 4.53. The summed E-state index contributed by atoms with van der Waals surface area (Å²) in [6.45, 7) is 8.51. The number of nitrogens with one attached hydrogen (secondary N) is 1. The van der Waals surface area contributed by atoms with Crippen LogP contribution in [0.15, 0.2) is 48.0 Å². The molecule has 1 aliphatic rings. The number of hydrogen-bond acceptors (Lipinski definition) is 2. The molecule has 102 valence electrons. The fraction of sp³-hybridized carbons (Fsp3) is 0.400. The Kier molecular flexibility index (Phi) is 4.84. The molecule has 4 nitrogen and oxygen atoms in total. The van der Waals surface area contributed by atoms with Crippen molar-refractivity contribution in [3.63, 3.8) is 0 Å². The van der Waals surface area contributed by atoms with Gasteiger partial charge in [0.05, 0.1) is 0 Å². The van der Waals surface area contributed by atoms with Crippen molar-refractivity contribution in [2.24, 2.45) is 4.99 Å². The van der Waals surface area contributed by atoms with E-state index in [2.05, 4.69) is 57.0 Å². The fourth-order valence-corrected chi connectivity index (χ4v) is 2.31. The molecule has 1 heterocycles. The van der Waals surface area contributed by atoms with Crippen molar-refractivity contribution in [1.29, 1.82) is 0 Å². The summed E-state index contributed by atoms with van der Waals surface area (Å²) in [6, 6.07) is 10.6. The van der Waals surface area contributed by atoms with Crippen LogP contribution in [0.5, 0.6) is 0 Å². The van der Waals surface area contributed by atoms with E-state index in [1.165, 1.54) is 5.69 Å². The Labute approximate surface area is 115 Å². The van der Waals surface area contributed by atoms with Crippen LogP contribution in [0.3, 0.4) is 0 Å². The number of nitrogens with zero attached hydrogens (tertiary/aromatic N) is 3. The van der Waals surface area contributed by atoms with Gasteiger partial charge in [0.1, 0.15) is 0 Å². The van der Waals surface area contributed by atoms with Gasteiger partial charge in [-0.05, 0) is 12.1 Å². The SMILES string of the molecule is C=CCNC(=NC)N1CCN(c2ccccc2)CC1. The van der Waals surface area contributed by atoms with E-state index in [0.29, 0.717) is 0 Å². The first-order valence-electron chi connectivity index (χ1n) is 6.71. The van der Waals surface area contributed by atoms with Crippen molar-refractivity contribution in [2.75, 3.05) is 44.7 Å². The van der Waals surface area contributed by atoms with Crippen LogP contribution in [0.4, 0.5) is 5.69 Å². The third-order valence-electron chi connectivity index (χ3n) is 3.32. The summed E-state index contributed by atoms with van der Waals surface area (Å²) in [7, 11) is 1.83. The van der Waals surface area contributed by atoms with Crippen LogP contribution in [-0.4, -0.2) is 50.6 Å². The van der Waals surface area contributed by atoms with Gasteiger partial charge in [0.15, 0.2) is 5.96 Å². The first-order valence-corrected chi connectivity index (χ1v) is 6.71. The standard InChI is InChI=1S/C15H22N4/c1-3-9-17-15(16-2)19-12-10-18(11-13-19)14-7-5-4-6-8-14/h3-8H,1,9-13H2,2H3,(H,16,17). The molecule has 0 unspecified atom stereocenters. The van der Waals surface area contributed by atoms with Crippen molar-refractivity contribution in [3.05, 3.63) is 43.0 Å². The van der Waals surface area contributed by atoms with Gasteiger partial charge in [0.25, 0.3) is 0 Å². The average Bonchev–Trinajstić information content (AvgIpc) is 2.49. The van der Waals surface area contributed by atoms with Crippen LogP contribution >= 0.6 is 0 Å². The molecule has 0 saturated carbocycles. The largest absolute Gasteiger partial charge is 0.368 e. The van der Waals surface area contributed by atoms with E-state index < -0.39 is 0 Å². The van der Waals surface area contributed by atoms with E-state index in [1.54, 1.807) is 0 Å². The van der Waals surface area contributed by atoms with Crippen molar-refractivity contribution in [3.8, 4) is 0 Å². The molecule has 0 atom stereocenters. The first kappa shape index (κ1) is 13.5. The highest BCUT2D eigenvalue weighted by Crippen LogP contribution is 2.15. The Hall–Kier alpha value is -1.97. The molecule has 1 aliphatic heterocycles. The highest BCUT2D eigenvalue weighted by atomic mass is 15.3. The maximum Gasteiger partial charge on any atom is 0.194 e. The van der Waals surface area contributed by atoms with E-state index in [9.17, 15) is 0 Å². The van der Waals surface area contributed by atoms with E-state index in [1.807, 2.05) is 13.1 Å². The monoisotopic (exact) mass is 258 g/mol. The maximum absolute atomic E-state index is 4.31. The molecule has 0 aliphatic carbocycles. The predicted molar refractivity (Wildman–Crippen MR) is 81.8 cm³/mol. The summed E-state index contributed by atoms with van der Waals surface area (Å²) in [6.07, 6.45) is 1.85. The Morgan fingerprint density at radius 3 is 2.53 bits per heavy atom. The van der Waals surface area contributed by atoms with Crippen LogP contribution < -0.4 is 10.2 Å². The number of hydrogen-bond donors (Lipinski definition) is 1. The van der Waals surface area contributed by atoms with Gasteiger partial charge < -0.3 is 15.1 Å². The van der Waals surface area contributed by atoms with Gasteiger partial charge >= 0.3 is 0 Å². The second-order valence-electron chi connectivity index (χ2n) is 4.53. The molecule has 1 saturated heterocycles. The molecular weight excluding hydrogens is 236 g/mol. The van der Waals surface area contributed by atoms with Crippen molar-refractivity contribution < 1.29 is 0 Å². The highest BCUT2D eigenvalue weighted by molar-refractivity contribution is 5.80. The Morgan fingerprint density at radius 2 is 1.95 bits per heavy atom. The molecule has 0 spiro atoms. The quantitative estimate of drug-likeness (QED) is 0.507. The zero-order valence-electron chi connectivity index (χ0n) is 11.5. The van der Waals surface area contributed by atoms with Crippen LogP contribution in [-0.2, 0) is 0 Å². The van der Waals surface area contributed by atoms with Crippen molar-refractivity contribution in [2.45, 2.75) is 0 Å². The molecule has 1 fully saturated rings. The molecular formula is C15H22N4. The third kappa shape index (κ3) is 3.50. The average molecular weight is 258 g/mol. The van der Waals surface area contributed by atoms with Crippen LogP contribution in [0.1, 0.15) is 0 Å². The number of guanidine groups is 1. The lowest BCUT2D eigenvalue weighted by atomic mass is 10.2. The van der Waals surface area contributed by atoms with Crippen LogP contribution in [0.2, 0.25) is 0 Å². The molecule has 1 aromatic rings. The lowest BCUT2D eigenvalue weighted by Crippen LogP contribution is -2.52. The summed E-state index contributed by atoms with van der Waals surface area (Å²) in [5, 5.41) is 3.28. The minimum absolute atomic E-state index is 0.756. The van der Waals surface area contributed by atoms with E-state index in [4.69, 9.17) is 0 Å². The summed E-state index contributed by atoms with van der Waals surface area (Å²) >= 11 is 0. The molecule has 0 radical (unpaired) electrons. The Balaban J connectivity index is 1.90. The maximum atomic E-state index is 4.31. The number of rotatable bonds is 3. The van der Waals surface area contributed by atoms with Gasteiger partial charge in [-0.3, -0.25) is 4.99 Å². The predicted octanol–water partition coefficient (Wildman–Crippen LogP) is 1.57. The van der Waals surface area contributed by atoms with E-state index in [-0.39, 0.29) is 0 Å². The van der Waals surface area contributed by atoms with Crippen LogP contribution in [0.25, 0.3) is 0 Å². The van der Waals surface area contributed by atoms with Crippen LogP contribution in [0, 0.1) is 0 Å². The number of anilines is 1. The number of aliphatic imine (C=N–C) groups is 1. The van der Waals surface area contributed by atoms with Gasteiger partial charge in [0, 0.05) is 45.5 Å². The molecule has 19 heavy (non-hydrogen) atoms. The molecule has 1 N–H and O–H groups in total. The minimum atomic E-state index is 0.756. The van der Waals surface area contributed by atoms with Crippen molar-refractivity contribution >= 4 is 11.6 Å². The summed E-state index contributed by atoms with van der Waals surface area (Å²) in [4.78, 5) is 9.02. The minimum Gasteiger partial charge on any atom is -0.368 e. The molecule has 0 bridgehead atoms. The Morgan fingerprint density at radius 1 is 1.26 bits per heavy atom. The molecule has 2 rings (SSSR count). The zero-order chi connectivity index (χ0) is 13.5. The lowest BCUT2D eigenvalue weighted by Gasteiger charge is -2.37. The van der Waals surface area contributed by atoms with Gasteiger partial charge in [-0.1, -0.05) is 24.3 Å². The molecule has 4 heteroatoms. The normalized spacial score (nSPS) is 16.4. The molecule has 0 aromatic heterocycles. The van der Waals surface area contributed by atoms with Gasteiger partial charge in [-0.15, -0.1) is 6.58 Å². The highest BCUT2D eigenvalue weighted by Gasteiger charge is 2.19. The summed E-state index contributed by atoms with van der Waals surface area (Å²) in [5.74, 6) is 0.965. The van der Waals surface area contributed by atoms with E-state index >= 15 is 0 Å². The molecule has 0 amide bonds. The fourth-order valence-electron chi connectivity index (χ4n) is 2.31. The number of para-hydroxylation sites is 1. The van der Waals surface area contributed by atoms with Crippen molar-refractivity contribution in [1.82, 2.24) is 10.2 Å². The lowest BCUT2D eigenvalue weighted by molar-refractivity contribution is 0.374. The first-order chi connectivity index (χ1) is 9.35.